The molecule has 3 aromatic heterocycles. The first-order chi connectivity index (χ1) is 23.9. The average molecular weight is 660 g/mol. The molecule has 0 bridgehead atoms. The lowest BCUT2D eigenvalue weighted by molar-refractivity contribution is -0.131. The van der Waals surface area contributed by atoms with Gasteiger partial charge >= 0.3 is 0 Å². The second-order valence-electron chi connectivity index (χ2n) is 12.0. The van der Waals surface area contributed by atoms with Crippen LogP contribution < -0.4 is 9.64 Å². The van der Waals surface area contributed by atoms with E-state index in [1.54, 1.807) is 64.4 Å². The number of pyridine rings is 1. The summed E-state index contributed by atoms with van der Waals surface area (Å²) in [4.78, 5) is 40.1. The molecular formula is C36H34FN9O3. The van der Waals surface area contributed by atoms with Gasteiger partial charge in [0.25, 0.3) is 5.91 Å². The van der Waals surface area contributed by atoms with Gasteiger partial charge in [0.2, 0.25) is 5.91 Å². The number of hydrogen-bond acceptors (Lipinski definition) is 8. The summed E-state index contributed by atoms with van der Waals surface area (Å²) in [5, 5.41) is 17.6. The first kappa shape index (κ1) is 31.6. The molecule has 0 atom stereocenters. The van der Waals surface area contributed by atoms with Crippen molar-refractivity contribution in [2.75, 3.05) is 51.3 Å². The zero-order chi connectivity index (χ0) is 33.9. The largest absolute Gasteiger partial charge is 0.496 e. The van der Waals surface area contributed by atoms with Crippen molar-refractivity contribution in [3.8, 4) is 22.9 Å². The number of nitriles is 1. The van der Waals surface area contributed by atoms with Gasteiger partial charge in [0.1, 0.15) is 17.3 Å². The van der Waals surface area contributed by atoms with Gasteiger partial charge in [-0.1, -0.05) is 29.5 Å². The Balaban J connectivity index is 1.19. The molecule has 0 spiro atoms. The number of halogens is 1. The fraction of sp³-hybridized carbons (Fsp3) is 0.278. The van der Waals surface area contributed by atoms with E-state index in [9.17, 15) is 14.9 Å². The van der Waals surface area contributed by atoms with Crippen LogP contribution in [0.5, 0.6) is 5.75 Å². The number of aromatic amines is 1. The third-order valence-corrected chi connectivity index (χ3v) is 9.12. The van der Waals surface area contributed by atoms with Crippen LogP contribution in [-0.4, -0.2) is 93.0 Å². The lowest BCUT2D eigenvalue weighted by Crippen LogP contribution is -2.49. The number of nitrogens with one attached hydrogen (secondary N) is 1. The number of carbonyl (C=O) groups excluding carboxylic acids is 2. The number of fused-ring (bicyclic) bond motifs is 1. The zero-order valence-corrected chi connectivity index (χ0v) is 27.0. The first-order valence-electron chi connectivity index (χ1n) is 16.1. The molecule has 2 amide bonds. The van der Waals surface area contributed by atoms with Gasteiger partial charge in [0.05, 0.1) is 37.0 Å². The van der Waals surface area contributed by atoms with E-state index >= 15 is 4.39 Å². The summed E-state index contributed by atoms with van der Waals surface area (Å²) in [6, 6.07) is 16.6. The average Bonchev–Trinajstić information content (AvgIpc) is 3.85. The maximum absolute atomic E-state index is 16.6. The normalized spacial score (nSPS) is 14.9. The Hall–Kier alpha value is -6.03. The maximum atomic E-state index is 16.6. The second-order valence-corrected chi connectivity index (χ2v) is 12.0. The highest BCUT2D eigenvalue weighted by molar-refractivity contribution is 6.05. The third-order valence-electron chi connectivity index (χ3n) is 9.12. The Labute approximate surface area is 282 Å². The van der Waals surface area contributed by atoms with Gasteiger partial charge in [-0.15, -0.1) is 5.10 Å². The summed E-state index contributed by atoms with van der Waals surface area (Å²) in [6.07, 6.45) is 7.71. The number of aromatic nitrogens is 5. The standard InChI is InChI=1S/C36H34FN9O3/c1-49-31-7-3-2-6-26(31)28-20-27(25-5-4-12-45(23-25)33(47)9-13-46-14-11-40-42-46)34(37)35-29(28)21-30(41-35)36(48)44-17-15-43(16-18-44)32-19-24(22-38)8-10-39-32/h2-3,5-8,10-11,14,19-21,41H,4,9,12-13,15-18,23H2,1H3. The van der Waals surface area contributed by atoms with E-state index in [2.05, 4.69) is 26.3 Å². The predicted octanol–water partition coefficient (Wildman–Crippen LogP) is 4.51. The molecule has 2 aliphatic heterocycles. The van der Waals surface area contributed by atoms with Crippen LogP contribution in [0.2, 0.25) is 0 Å². The topological polar surface area (TPSA) is 136 Å². The van der Waals surface area contributed by atoms with Crippen molar-refractivity contribution in [3.63, 3.8) is 0 Å². The Morgan fingerprint density at radius 3 is 2.61 bits per heavy atom. The summed E-state index contributed by atoms with van der Waals surface area (Å²) in [7, 11) is 1.59. The number of nitrogens with zero attached hydrogens (tertiary/aromatic N) is 8. The molecule has 13 heteroatoms. The number of piperazine rings is 1. The van der Waals surface area contributed by atoms with E-state index in [1.165, 1.54) is 0 Å². The van der Waals surface area contributed by atoms with Crippen LogP contribution in [0.3, 0.4) is 0 Å². The monoisotopic (exact) mass is 659 g/mol. The molecular weight excluding hydrogens is 625 g/mol. The van der Waals surface area contributed by atoms with Crippen LogP contribution in [-0.2, 0) is 11.3 Å². The molecule has 248 valence electrons. The van der Waals surface area contributed by atoms with Crippen molar-refractivity contribution < 1.29 is 18.7 Å². The fourth-order valence-electron chi connectivity index (χ4n) is 6.54. The van der Waals surface area contributed by atoms with E-state index in [4.69, 9.17) is 4.74 Å². The third kappa shape index (κ3) is 6.32. The Kier molecular flexibility index (Phi) is 8.76. The smallest absolute Gasteiger partial charge is 0.270 e. The molecule has 2 aromatic carbocycles. The van der Waals surface area contributed by atoms with E-state index in [1.807, 2.05) is 35.2 Å². The van der Waals surface area contributed by atoms with Crippen LogP contribution in [0, 0.1) is 17.1 Å². The van der Waals surface area contributed by atoms with Gasteiger partial charge in [0, 0.05) is 74.6 Å². The molecule has 0 saturated carbocycles. The Morgan fingerprint density at radius 1 is 1.00 bits per heavy atom. The second kappa shape index (κ2) is 13.6. The number of carbonyl (C=O) groups is 2. The Bertz CT molecular complexity index is 2090. The highest BCUT2D eigenvalue weighted by atomic mass is 19.1. The van der Waals surface area contributed by atoms with E-state index < -0.39 is 5.82 Å². The molecule has 7 rings (SSSR count). The number of hydrogen-bond donors (Lipinski definition) is 1. The quantitative estimate of drug-likeness (QED) is 0.257. The molecule has 49 heavy (non-hydrogen) atoms. The Morgan fingerprint density at radius 2 is 1.84 bits per heavy atom. The molecule has 5 aromatic rings. The van der Waals surface area contributed by atoms with E-state index in [0.717, 1.165) is 5.56 Å². The minimum Gasteiger partial charge on any atom is -0.496 e. The molecule has 2 aliphatic rings. The number of methoxy groups -OCH3 is 1. The lowest BCUT2D eigenvalue weighted by atomic mass is 9.93. The fourth-order valence-corrected chi connectivity index (χ4v) is 6.54. The SMILES string of the molecule is COc1ccccc1-c1cc(C2=CCCN(C(=O)CCn3ccnn3)C2)c(F)c2[nH]c(C(=O)N3CCN(c4cc(C#N)ccn4)CC3)cc12. The van der Waals surface area contributed by atoms with Crippen molar-refractivity contribution in [1.29, 1.82) is 5.26 Å². The number of para-hydroxylation sites is 1. The van der Waals surface area contributed by atoms with E-state index in [0.29, 0.717) is 84.9 Å². The predicted molar refractivity (Wildman–Crippen MR) is 181 cm³/mol. The zero-order valence-electron chi connectivity index (χ0n) is 27.0. The number of benzene rings is 2. The summed E-state index contributed by atoms with van der Waals surface area (Å²) >= 11 is 0. The van der Waals surface area contributed by atoms with Crippen molar-refractivity contribution >= 4 is 34.1 Å². The maximum Gasteiger partial charge on any atom is 0.270 e. The van der Waals surface area contributed by atoms with Gasteiger partial charge in [-0.2, -0.15) is 5.26 Å². The highest BCUT2D eigenvalue weighted by Gasteiger charge is 2.28. The molecule has 12 nitrogen and oxygen atoms in total. The summed E-state index contributed by atoms with van der Waals surface area (Å²) in [5.74, 6) is 0.545. The molecule has 1 fully saturated rings. The van der Waals surface area contributed by atoms with Crippen LogP contribution >= 0.6 is 0 Å². The van der Waals surface area contributed by atoms with Crippen molar-refractivity contribution in [1.82, 2.24) is 34.8 Å². The molecule has 0 unspecified atom stereocenters. The van der Waals surface area contributed by atoms with Gasteiger partial charge in [-0.25, -0.2) is 9.37 Å². The van der Waals surface area contributed by atoms with E-state index in [-0.39, 0.29) is 36.0 Å². The summed E-state index contributed by atoms with van der Waals surface area (Å²) < 4.78 is 23.9. The highest BCUT2D eigenvalue weighted by Crippen LogP contribution is 2.40. The number of aryl methyl sites for hydroxylation is 1. The summed E-state index contributed by atoms with van der Waals surface area (Å²) in [6.45, 7) is 3.17. The summed E-state index contributed by atoms with van der Waals surface area (Å²) in [5.41, 5.74) is 3.55. The van der Waals surface area contributed by atoms with Crippen molar-refractivity contribution in [2.24, 2.45) is 0 Å². The van der Waals surface area contributed by atoms with Crippen LogP contribution in [0.1, 0.15) is 34.5 Å². The molecule has 1 saturated heterocycles. The minimum atomic E-state index is -0.482. The number of ether oxygens (including phenoxy) is 1. The lowest BCUT2D eigenvalue weighted by Gasteiger charge is -2.35. The number of amides is 2. The van der Waals surface area contributed by atoms with Crippen LogP contribution in [0.25, 0.3) is 27.6 Å². The van der Waals surface area contributed by atoms with Crippen LogP contribution in [0.4, 0.5) is 10.2 Å². The van der Waals surface area contributed by atoms with Gasteiger partial charge in [0.15, 0.2) is 5.82 Å². The molecule has 0 aliphatic carbocycles. The van der Waals surface area contributed by atoms with Crippen molar-refractivity contribution in [3.05, 3.63) is 95.8 Å². The molecule has 1 N–H and O–H groups in total. The van der Waals surface area contributed by atoms with Crippen LogP contribution in [0.15, 0.2) is 73.2 Å². The first-order valence-corrected chi connectivity index (χ1v) is 16.1. The van der Waals surface area contributed by atoms with Gasteiger partial charge < -0.3 is 24.4 Å². The molecule has 0 radical (unpaired) electrons. The number of H-pyrrole nitrogens is 1. The number of anilines is 1. The number of rotatable bonds is 8. The van der Waals surface area contributed by atoms with Crippen molar-refractivity contribution in [2.45, 2.75) is 19.4 Å². The van der Waals surface area contributed by atoms with Gasteiger partial charge in [-0.05, 0) is 47.9 Å². The van der Waals surface area contributed by atoms with Gasteiger partial charge in [-0.3, -0.25) is 14.3 Å². The minimum absolute atomic E-state index is 0.0473. The molecule has 5 heterocycles.